The number of piperidine rings is 1. The number of anilines is 2. The van der Waals surface area contributed by atoms with Crippen LogP contribution < -0.4 is 15.0 Å². The predicted octanol–water partition coefficient (Wildman–Crippen LogP) is 2.90. The topological polar surface area (TPSA) is 110 Å². The Morgan fingerprint density at radius 2 is 2.19 bits per heavy atom. The molecule has 1 amide bonds. The molecule has 1 fully saturated rings. The van der Waals surface area contributed by atoms with Crippen LogP contribution in [-0.2, 0) is 4.79 Å². The average Bonchev–Trinajstić information content (AvgIpc) is 2.68. The summed E-state index contributed by atoms with van der Waals surface area (Å²) < 4.78 is 5.19. The van der Waals surface area contributed by atoms with Crippen LogP contribution in [-0.4, -0.2) is 41.2 Å². The second kappa shape index (κ2) is 8.17. The summed E-state index contributed by atoms with van der Waals surface area (Å²) in [7, 11) is 1.44. The first kappa shape index (κ1) is 18.8. The number of ether oxygens (including phenoxy) is 1. The fourth-order valence-electron chi connectivity index (χ4n) is 3.02. The highest BCUT2D eigenvalue weighted by Crippen LogP contribution is 2.30. The van der Waals surface area contributed by atoms with E-state index in [4.69, 9.17) is 16.3 Å². The maximum atomic E-state index is 12.7. The molecule has 0 spiro atoms. The van der Waals surface area contributed by atoms with Gasteiger partial charge in [0.15, 0.2) is 11.0 Å². The summed E-state index contributed by atoms with van der Waals surface area (Å²) in [6, 6.07) is 7.50. The van der Waals surface area contributed by atoms with Gasteiger partial charge in [0.1, 0.15) is 5.75 Å². The summed E-state index contributed by atoms with van der Waals surface area (Å²) in [5.41, 5.74) is 0.160. The van der Waals surface area contributed by atoms with Gasteiger partial charge in [0.25, 0.3) is 5.69 Å². The van der Waals surface area contributed by atoms with Crippen molar-refractivity contribution in [2.45, 2.75) is 12.8 Å². The molecule has 1 aromatic carbocycles. The van der Waals surface area contributed by atoms with Gasteiger partial charge in [-0.05, 0) is 31.0 Å². The number of halogens is 1. The van der Waals surface area contributed by atoms with Crippen LogP contribution in [0.2, 0.25) is 5.15 Å². The molecule has 1 aliphatic rings. The van der Waals surface area contributed by atoms with Gasteiger partial charge in [0.2, 0.25) is 5.91 Å². The smallest absolute Gasteiger partial charge is 0.271 e. The fourth-order valence-corrected chi connectivity index (χ4v) is 3.12. The second-order valence-corrected chi connectivity index (χ2v) is 6.52. The first-order chi connectivity index (χ1) is 13.0. The number of nitro benzene ring substituents is 1. The lowest BCUT2D eigenvalue weighted by molar-refractivity contribution is -0.384. The van der Waals surface area contributed by atoms with Crippen LogP contribution in [0.5, 0.6) is 5.75 Å². The Morgan fingerprint density at radius 3 is 2.85 bits per heavy atom. The van der Waals surface area contributed by atoms with E-state index in [0.717, 1.165) is 13.0 Å². The van der Waals surface area contributed by atoms with Crippen LogP contribution in [0.25, 0.3) is 0 Å². The zero-order valence-corrected chi connectivity index (χ0v) is 15.3. The summed E-state index contributed by atoms with van der Waals surface area (Å²) in [6.07, 6.45) is 1.52. The van der Waals surface area contributed by atoms with Crippen LogP contribution in [0.15, 0.2) is 30.3 Å². The summed E-state index contributed by atoms with van der Waals surface area (Å²) in [6.45, 7) is 1.24. The number of carbonyl (C=O) groups excluding carboxylic acids is 1. The molecule has 10 heteroatoms. The Labute approximate surface area is 160 Å². The molecule has 1 aliphatic heterocycles. The standard InChI is InChI=1S/C17H18ClN5O4/c1-27-14-5-4-12(23(25)26)9-13(14)19-17(24)11-3-2-8-22(10-11)16-7-6-15(18)20-21-16/h4-7,9,11H,2-3,8,10H2,1H3,(H,19,24)/t11-/m1/s1. The number of methoxy groups -OCH3 is 1. The van der Waals surface area contributed by atoms with Crippen molar-refractivity contribution in [1.29, 1.82) is 0 Å². The third kappa shape index (κ3) is 4.43. The molecule has 142 valence electrons. The molecule has 1 aromatic heterocycles. The molecule has 2 heterocycles. The second-order valence-electron chi connectivity index (χ2n) is 6.13. The lowest BCUT2D eigenvalue weighted by Gasteiger charge is -2.32. The van der Waals surface area contributed by atoms with Crippen LogP contribution in [0.1, 0.15) is 12.8 Å². The van der Waals surface area contributed by atoms with Gasteiger partial charge < -0.3 is 15.0 Å². The Hall–Kier alpha value is -2.94. The minimum Gasteiger partial charge on any atom is -0.495 e. The zero-order valence-electron chi connectivity index (χ0n) is 14.6. The molecule has 0 saturated carbocycles. The first-order valence-electron chi connectivity index (χ1n) is 8.35. The summed E-state index contributed by atoms with van der Waals surface area (Å²) in [4.78, 5) is 25.2. The lowest BCUT2D eigenvalue weighted by Crippen LogP contribution is -2.41. The van der Waals surface area contributed by atoms with Gasteiger partial charge in [-0.3, -0.25) is 14.9 Å². The van der Waals surface area contributed by atoms with Crippen LogP contribution in [0.4, 0.5) is 17.2 Å². The molecular formula is C17H18ClN5O4. The van der Waals surface area contributed by atoms with Crippen molar-refractivity contribution in [3.8, 4) is 5.75 Å². The molecule has 3 rings (SSSR count). The van der Waals surface area contributed by atoms with Crippen molar-refractivity contribution in [3.05, 3.63) is 45.6 Å². The molecule has 27 heavy (non-hydrogen) atoms. The number of non-ortho nitro benzene ring substituents is 1. The van der Waals surface area contributed by atoms with E-state index in [9.17, 15) is 14.9 Å². The van der Waals surface area contributed by atoms with E-state index in [1.807, 2.05) is 4.90 Å². The number of carbonyl (C=O) groups is 1. The monoisotopic (exact) mass is 391 g/mol. The van der Waals surface area contributed by atoms with Gasteiger partial charge in [0, 0.05) is 25.2 Å². The van der Waals surface area contributed by atoms with E-state index < -0.39 is 4.92 Å². The number of nitro groups is 1. The highest BCUT2D eigenvalue weighted by molar-refractivity contribution is 6.29. The van der Waals surface area contributed by atoms with Gasteiger partial charge in [-0.2, -0.15) is 0 Å². The van der Waals surface area contributed by atoms with Crippen LogP contribution >= 0.6 is 11.6 Å². The molecule has 1 saturated heterocycles. The van der Waals surface area contributed by atoms with Crippen molar-refractivity contribution in [3.63, 3.8) is 0 Å². The van der Waals surface area contributed by atoms with Crippen molar-refractivity contribution in [2.24, 2.45) is 5.92 Å². The molecule has 0 unspecified atom stereocenters. The quantitative estimate of drug-likeness (QED) is 0.616. The highest BCUT2D eigenvalue weighted by atomic mass is 35.5. The first-order valence-corrected chi connectivity index (χ1v) is 8.73. The maximum absolute atomic E-state index is 12.7. The van der Waals surface area contributed by atoms with E-state index in [2.05, 4.69) is 15.5 Å². The summed E-state index contributed by atoms with van der Waals surface area (Å²) >= 11 is 5.77. The van der Waals surface area contributed by atoms with Crippen LogP contribution in [0.3, 0.4) is 0 Å². The van der Waals surface area contributed by atoms with Gasteiger partial charge in [0.05, 0.1) is 23.6 Å². The van der Waals surface area contributed by atoms with Crippen molar-refractivity contribution >= 4 is 34.7 Å². The Balaban J connectivity index is 1.73. The summed E-state index contributed by atoms with van der Waals surface area (Å²) in [5.74, 6) is 0.510. The Kier molecular flexibility index (Phi) is 5.70. The number of nitrogens with one attached hydrogen (secondary N) is 1. The number of benzene rings is 1. The SMILES string of the molecule is COc1ccc([N+](=O)[O-])cc1NC(=O)[C@@H]1CCCN(c2ccc(Cl)nn2)C1. The third-order valence-corrected chi connectivity index (χ3v) is 4.59. The average molecular weight is 392 g/mol. The number of aromatic nitrogens is 2. The van der Waals surface area contributed by atoms with Gasteiger partial charge >= 0.3 is 0 Å². The number of hydrogen-bond acceptors (Lipinski definition) is 7. The van der Waals surface area contributed by atoms with E-state index in [0.29, 0.717) is 29.7 Å². The van der Waals surface area contributed by atoms with Gasteiger partial charge in [-0.25, -0.2) is 0 Å². The van der Waals surface area contributed by atoms with Crippen molar-refractivity contribution in [2.75, 3.05) is 30.4 Å². The number of hydrogen-bond donors (Lipinski definition) is 1. The van der Waals surface area contributed by atoms with E-state index in [-0.39, 0.29) is 23.2 Å². The molecule has 9 nitrogen and oxygen atoms in total. The number of amides is 1. The largest absolute Gasteiger partial charge is 0.495 e. The molecule has 2 aromatic rings. The minimum absolute atomic E-state index is 0.118. The normalized spacial score (nSPS) is 16.7. The molecule has 1 atom stereocenters. The third-order valence-electron chi connectivity index (χ3n) is 4.39. The number of rotatable bonds is 5. The van der Waals surface area contributed by atoms with Gasteiger partial charge in [-0.15, -0.1) is 10.2 Å². The molecule has 0 aliphatic carbocycles. The predicted molar refractivity (Wildman–Crippen MR) is 100 cm³/mol. The lowest BCUT2D eigenvalue weighted by atomic mass is 9.97. The molecule has 1 N–H and O–H groups in total. The molecule has 0 radical (unpaired) electrons. The summed E-state index contributed by atoms with van der Waals surface area (Å²) in [5, 5.41) is 21.9. The van der Waals surface area contributed by atoms with E-state index in [1.54, 1.807) is 12.1 Å². The Bertz CT molecular complexity index is 846. The molecular weight excluding hydrogens is 374 g/mol. The molecule has 0 bridgehead atoms. The Morgan fingerprint density at radius 1 is 1.37 bits per heavy atom. The highest BCUT2D eigenvalue weighted by Gasteiger charge is 2.27. The number of nitrogens with zero attached hydrogens (tertiary/aromatic N) is 4. The maximum Gasteiger partial charge on any atom is 0.271 e. The van der Waals surface area contributed by atoms with Crippen molar-refractivity contribution < 1.29 is 14.5 Å². The van der Waals surface area contributed by atoms with Crippen LogP contribution in [0, 0.1) is 16.0 Å². The minimum atomic E-state index is -0.517. The zero-order chi connectivity index (χ0) is 19.4. The van der Waals surface area contributed by atoms with E-state index in [1.165, 1.54) is 25.3 Å². The van der Waals surface area contributed by atoms with Crippen molar-refractivity contribution in [1.82, 2.24) is 10.2 Å². The van der Waals surface area contributed by atoms with E-state index >= 15 is 0 Å². The van der Waals surface area contributed by atoms with Gasteiger partial charge in [-0.1, -0.05) is 11.6 Å². The fraction of sp³-hybridized carbons (Fsp3) is 0.353.